The Morgan fingerprint density at radius 3 is 2.85 bits per heavy atom. The maximum absolute atomic E-state index is 9.93. The van der Waals surface area contributed by atoms with Gasteiger partial charge in [-0.3, -0.25) is 0 Å². The maximum Gasteiger partial charge on any atom is 0.0852 e. The van der Waals surface area contributed by atoms with Crippen molar-refractivity contribution in [2.24, 2.45) is 5.92 Å². The highest BCUT2D eigenvalue weighted by Gasteiger charge is 2.29. The van der Waals surface area contributed by atoms with Crippen LogP contribution in [-0.2, 0) is 9.47 Å². The number of aliphatic hydroxyl groups excluding tert-OH is 1. The molecule has 0 amide bonds. The monoisotopic (exact) mass is 188 g/mol. The van der Waals surface area contributed by atoms with Crippen molar-refractivity contribution in [3.05, 3.63) is 0 Å². The van der Waals surface area contributed by atoms with Gasteiger partial charge in [-0.2, -0.15) is 0 Å². The summed E-state index contributed by atoms with van der Waals surface area (Å²) in [7, 11) is 1.67. The largest absolute Gasteiger partial charge is 0.390 e. The summed E-state index contributed by atoms with van der Waals surface area (Å²) in [5.41, 5.74) is 0. The molecule has 0 saturated carbocycles. The van der Waals surface area contributed by atoms with E-state index in [1.165, 1.54) is 0 Å². The molecule has 13 heavy (non-hydrogen) atoms. The zero-order valence-electron chi connectivity index (χ0n) is 8.53. The molecule has 1 heterocycles. The predicted molar refractivity (Wildman–Crippen MR) is 50.6 cm³/mol. The highest BCUT2D eigenvalue weighted by atomic mass is 16.5. The molecule has 0 radical (unpaired) electrons. The van der Waals surface area contributed by atoms with Crippen molar-refractivity contribution in [3.8, 4) is 0 Å². The second-order valence-electron chi connectivity index (χ2n) is 3.68. The molecular weight excluding hydrogens is 168 g/mol. The summed E-state index contributed by atoms with van der Waals surface area (Å²) in [6.45, 7) is 3.57. The zero-order chi connectivity index (χ0) is 9.68. The van der Waals surface area contributed by atoms with Crippen molar-refractivity contribution in [1.82, 2.24) is 0 Å². The minimum atomic E-state index is -0.354. The van der Waals surface area contributed by atoms with E-state index in [4.69, 9.17) is 9.47 Å². The van der Waals surface area contributed by atoms with Gasteiger partial charge in [-0.25, -0.2) is 0 Å². The number of hydrogen-bond acceptors (Lipinski definition) is 3. The highest BCUT2D eigenvalue weighted by molar-refractivity contribution is 4.79. The first-order chi connectivity index (χ1) is 6.29. The lowest BCUT2D eigenvalue weighted by Crippen LogP contribution is -2.35. The molecule has 3 nitrogen and oxygen atoms in total. The molecule has 0 aliphatic carbocycles. The Kier molecular flexibility index (Phi) is 4.70. The molecule has 0 aromatic carbocycles. The minimum absolute atomic E-state index is 0.0169. The van der Waals surface area contributed by atoms with Gasteiger partial charge in [0.2, 0.25) is 0 Å². The van der Waals surface area contributed by atoms with Gasteiger partial charge in [0.15, 0.2) is 0 Å². The van der Waals surface area contributed by atoms with Gasteiger partial charge >= 0.3 is 0 Å². The third-order valence-corrected chi connectivity index (χ3v) is 2.70. The number of rotatable bonds is 5. The molecule has 1 aliphatic heterocycles. The zero-order valence-corrected chi connectivity index (χ0v) is 8.53. The molecule has 0 aromatic heterocycles. The van der Waals surface area contributed by atoms with Crippen LogP contribution in [0.3, 0.4) is 0 Å². The van der Waals surface area contributed by atoms with Crippen LogP contribution in [-0.4, -0.2) is 37.6 Å². The molecule has 1 N–H and O–H groups in total. The highest BCUT2D eigenvalue weighted by Crippen LogP contribution is 2.22. The lowest BCUT2D eigenvalue weighted by Gasteiger charge is -2.25. The number of aliphatic hydroxyl groups is 1. The van der Waals surface area contributed by atoms with E-state index in [1.54, 1.807) is 7.11 Å². The first-order valence-corrected chi connectivity index (χ1v) is 5.08. The van der Waals surface area contributed by atoms with E-state index in [2.05, 4.69) is 6.92 Å². The van der Waals surface area contributed by atoms with Crippen LogP contribution in [0.2, 0.25) is 0 Å². The Labute approximate surface area is 80.0 Å². The first kappa shape index (κ1) is 11.0. The Morgan fingerprint density at radius 1 is 1.62 bits per heavy atom. The minimum Gasteiger partial charge on any atom is -0.390 e. The van der Waals surface area contributed by atoms with E-state index in [9.17, 15) is 5.11 Å². The lowest BCUT2D eigenvalue weighted by molar-refractivity contribution is -0.0465. The normalized spacial score (nSPS) is 27.5. The van der Waals surface area contributed by atoms with Gasteiger partial charge in [-0.15, -0.1) is 0 Å². The lowest BCUT2D eigenvalue weighted by atomic mass is 9.95. The van der Waals surface area contributed by atoms with E-state index in [-0.39, 0.29) is 18.1 Å². The number of hydrogen-bond donors (Lipinski definition) is 1. The second kappa shape index (κ2) is 5.58. The van der Waals surface area contributed by atoms with Crippen LogP contribution in [0.4, 0.5) is 0 Å². The van der Waals surface area contributed by atoms with Gasteiger partial charge in [0, 0.05) is 19.6 Å². The van der Waals surface area contributed by atoms with Crippen molar-refractivity contribution in [1.29, 1.82) is 0 Å². The summed E-state index contributed by atoms with van der Waals surface area (Å²) >= 11 is 0. The molecule has 0 aromatic rings. The molecule has 1 aliphatic rings. The van der Waals surface area contributed by atoms with Crippen LogP contribution in [0, 0.1) is 5.92 Å². The fourth-order valence-corrected chi connectivity index (χ4v) is 1.84. The summed E-state index contributed by atoms with van der Waals surface area (Å²) in [4.78, 5) is 0. The van der Waals surface area contributed by atoms with Crippen molar-refractivity contribution in [2.75, 3.05) is 20.3 Å². The van der Waals surface area contributed by atoms with Crippen LogP contribution < -0.4 is 0 Å². The third-order valence-electron chi connectivity index (χ3n) is 2.70. The average Bonchev–Trinajstić information content (AvgIpc) is 2.65. The van der Waals surface area contributed by atoms with Gasteiger partial charge in [0.1, 0.15) is 0 Å². The van der Waals surface area contributed by atoms with Gasteiger partial charge in [0.05, 0.1) is 18.8 Å². The van der Waals surface area contributed by atoms with Gasteiger partial charge in [-0.1, -0.05) is 13.3 Å². The Morgan fingerprint density at radius 2 is 2.38 bits per heavy atom. The third kappa shape index (κ3) is 2.93. The smallest absolute Gasteiger partial charge is 0.0852 e. The second-order valence-corrected chi connectivity index (χ2v) is 3.68. The molecule has 1 saturated heterocycles. The average molecular weight is 188 g/mol. The van der Waals surface area contributed by atoms with Gasteiger partial charge in [-0.05, 0) is 12.8 Å². The molecule has 0 bridgehead atoms. The topological polar surface area (TPSA) is 38.7 Å². The molecule has 1 fully saturated rings. The van der Waals surface area contributed by atoms with E-state index in [0.29, 0.717) is 6.61 Å². The first-order valence-electron chi connectivity index (χ1n) is 5.08. The maximum atomic E-state index is 9.93. The molecule has 1 rings (SSSR count). The van der Waals surface area contributed by atoms with Crippen LogP contribution in [0.15, 0.2) is 0 Å². The summed E-state index contributed by atoms with van der Waals surface area (Å²) in [5.74, 6) is 0.275. The fraction of sp³-hybridized carbons (Fsp3) is 1.00. The van der Waals surface area contributed by atoms with E-state index < -0.39 is 0 Å². The molecule has 3 unspecified atom stereocenters. The summed E-state index contributed by atoms with van der Waals surface area (Å²) in [6.07, 6.45) is 2.56. The molecular formula is C10H20O3. The Bertz CT molecular complexity index is 132. The molecule has 3 atom stereocenters. The van der Waals surface area contributed by atoms with Crippen molar-refractivity contribution in [2.45, 2.75) is 38.4 Å². The Hall–Kier alpha value is -0.120. The summed E-state index contributed by atoms with van der Waals surface area (Å²) in [5, 5.41) is 9.93. The van der Waals surface area contributed by atoms with Gasteiger partial charge in [0.25, 0.3) is 0 Å². The van der Waals surface area contributed by atoms with Crippen LogP contribution in [0.5, 0.6) is 0 Å². The van der Waals surface area contributed by atoms with Crippen molar-refractivity contribution in [3.63, 3.8) is 0 Å². The molecule has 3 heteroatoms. The molecule has 0 spiro atoms. The van der Waals surface area contributed by atoms with Crippen LogP contribution in [0.25, 0.3) is 0 Å². The fourth-order valence-electron chi connectivity index (χ4n) is 1.84. The van der Waals surface area contributed by atoms with Crippen molar-refractivity contribution >= 4 is 0 Å². The van der Waals surface area contributed by atoms with E-state index in [1.807, 2.05) is 0 Å². The Balaban J connectivity index is 2.37. The number of ether oxygens (including phenoxy) is 2. The van der Waals surface area contributed by atoms with E-state index in [0.717, 1.165) is 25.9 Å². The summed E-state index contributed by atoms with van der Waals surface area (Å²) < 4.78 is 10.5. The standard InChI is InChI=1S/C10H20O3/c1-3-4-9(12-2)10(11)8-5-6-13-7-8/h8-11H,3-7H2,1-2H3. The van der Waals surface area contributed by atoms with Crippen LogP contribution in [0.1, 0.15) is 26.2 Å². The van der Waals surface area contributed by atoms with Crippen LogP contribution >= 0.6 is 0 Å². The molecule has 78 valence electrons. The van der Waals surface area contributed by atoms with E-state index >= 15 is 0 Å². The van der Waals surface area contributed by atoms with Crippen molar-refractivity contribution < 1.29 is 14.6 Å². The summed E-state index contributed by atoms with van der Waals surface area (Å²) in [6, 6.07) is 0. The SMILES string of the molecule is CCCC(OC)C(O)C1CCOC1. The number of methoxy groups -OCH3 is 1. The van der Waals surface area contributed by atoms with Gasteiger partial charge < -0.3 is 14.6 Å². The quantitative estimate of drug-likeness (QED) is 0.704. The predicted octanol–water partition coefficient (Wildman–Crippen LogP) is 1.20.